The highest BCUT2D eigenvalue weighted by atomic mass is 19.1. The predicted molar refractivity (Wildman–Crippen MR) is 67.8 cm³/mol. The molecule has 4 heteroatoms. The third-order valence-corrected chi connectivity index (χ3v) is 2.74. The van der Waals surface area contributed by atoms with Crippen molar-refractivity contribution in [1.29, 1.82) is 0 Å². The van der Waals surface area contributed by atoms with Crippen LogP contribution in [0.1, 0.15) is 17.2 Å². The Morgan fingerprint density at radius 1 is 1.33 bits per heavy atom. The van der Waals surface area contributed by atoms with Gasteiger partial charge in [0.2, 0.25) is 0 Å². The molecular weight excluding hydrogens is 231 g/mol. The molecule has 0 aliphatic rings. The number of halogens is 1. The Morgan fingerprint density at radius 3 is 2.89 bits per heavy atom. The van der Waals surface area contributed by atoms with Crippen molar-refractivity contribution in [3.8, 4) is 5.75 Å². The number of hydrogen-bond acceptors (Lipinski definition) is 3. The molecule has 0 fully saturated rings. The Bertz CT molecular complexity index is 531. The molecule has 1 aromatic carbocycles. The van der Waals surface area contributed by atoms with Gasteiger partial charge in [-0.1, -0.05) is 12.1 Å². The summed E-state index contributed by atoms with van der Waals surface area (Å²) in [6.07, 6.45) is 3.37. The molecule has 18 heavy (non-hydrogen) atoms. The van der Waals surface area contributed by atoms with Crippen LogP contribution in [0.3, 0.4) is 0 Å². The minimum Gasteiger partial charge on any atom is -0.497 e. The highest BCUT2D eigenvalue weighted by molar-refractivity contribution is 5.30. The average molecular weight is 246 g/mol. The maximum Gasteiger partial charge on any atom is 0.141 e. The van der Waals surface area contributed by atoms with Crippen LogP contribution in [0.5, 0.6) is 5.75 Å². The number of ether oxygens (including phenoxy) is 1. The molecule has 94 valence electrons. The predicted octanol–water partition coefficient (Wildman–Crippen LogP) is 2.47. The Balaban J connectivity index is 2.13. The number of rotatable bonds is 4. The lowest BCUT2D eigenvalue weighted by Gasteiger charge is -2.12. The Kier molecular flexibility index (Phi) is 3.89. The maximum absolute atomic E-state index is 13.0. The third kappa shape index (κ3) is 3.05. The summed E-state index contributed by atoms with van der Waals surface area (Å²) in [5, 5.41) is 0. The quantitative estimate of drug-likeness (QED) is 0.901. The van der Waals surface area contributed by atoms with Crippen LogP contribution >= 0.6 is 0 Å². The first-order chi connectivity index (χ1) is 8.69. The summed E-state index contributed by atoms with van der Waals surface area (Å²) in [5.74, 6) is 0.422. The lowest BCUT2D eigenvalue weighted by atomic mass is 10.0. The summed E-state index contributed by atoms with van der Waals surface area (Å²) in [7, 11) is 1.62. The molecule has 1 unspecified atom stereocenters. The number of pyridine rings is 1. The number of nitrogens with two attached hydrogens (primary N) is 1. The molecule has 0 radical (unpaired) electrons. The van der Waals surface area contributed by atoms with Crippen LogP contribution in [0, 0.1) is 5.82 Å². The molecule has 0 spiro atoms. The maximum atomic E-state index is 13.0. The molecule has 0 bridgehead atoms. The van der Waals surface area contributed by atoms with Crippen molar-refractivity contribution >= 4 is 0 Å². The summed E-state index contributed by atoms with van der Waals surface area (Å²) in [5.41, 5.74) is 7.78. The topological polar surface area (TPSA) is 48.1 Å². The largest absolute Gasteiger partial charge is 0.497 e. The van der Waals surface area contributed by atoms with Crippen molar-refractivity contribution in [2.75, 3.05) is 7.11 Å². The SMILES string of the molecule is COc1cccc(CC(N)c2cncc(F)c2)c1. The monoisotopic (exact) mass is 246 g/mol. The first kappa shape index (κ1) is 12.5. The summed E-state index contributed by atoms with van der Waals surface area (Å²) < 4.78 is 18.2. The average Bonchev–Trinajstić information content (AvgIpc) is 2.39. The first-order valence-corrected chi connectivity index (χ1v) is 5.68. The van der Waals surface area contributed by atoms with Gasteiger partial charge < -0.3 is 10.5 Å². The van der Waals surface area contributed by atoms with E-state index in [2.05, 4.69) is 4.98 Å². The van der Waals surface area contributed by atoms with Gasteiger partial charge in [0, 0.05) is 12.2 Å². The van der Waals surface area contributed by atoms with E-state index in [1.807, 2.05) is 24.3 Å². The van der Waals surface area contributed by atoms with E-state index in [0.29, 0.717) is 12.0 Å². The van der Waals surface area contributed by atoms with Crippen LogP contribution in [0.2, 0.25) is 0 Å². The van der Waals surface area contributed by atoms with Gasteiger partial charge in [-0.05, 0) is 35.7 Å². The molecule has 0 aliphatic carbocycles. The lowest BCUT2D eigenvalue weighted by molar-refractivity contribution is 0.414. The van der Waals surface area contributed by atoms with Gasteiger partial charge in [-0.25, -0.2) is 4.39 Å². The van der Waals surface area contributed by atoms with Crippen molar-refractivity contribution in [2.45, 2.75) is 12.5 Å². The molecule has 0 aliphatic heterocycles. The van der Waals surface area contributed by atoms with Gasteiger partial charge in [0.25, 0.3) is 0 Å². The number of methoxy groups -OCH3 is 1. The molecule has 0 saturated heterocycles. The zero-order valence-corrected chi connectivity index (χ0v) is 10.1. The van der Waals surface area contributed by atoms with Crippen molar-refractivity contribution in [3.63, 3.8) is 0 Å². The fourth-order valence-electron chi connectivity index (χ4n) is 1.80. The zero-order chi connectivity index (χ0) is 13.0. The fraction of sp³-hybridized carbons (Fsp3) is 0.214. The summed E-state index contributed by atoms with van der Waals surface area (Å²) in [4.78, 5) is 3.80. The minimum absolute atomic E-state index is 0.277. The molecule has 1 heterocycles. The van der Waals surface area contributed by atoms with Gasteiger partial charge in [-0.3, -0.25) is 4.98 Å². The molecule has 1 atom stereocenters. The fourth-order valence-corrected chi connectivity index (χ4v) is 1.80. The first-order valence-electron chi connectivity index (χ1n) is 5.68. The van der Waals surface area contributed by atoms with Crippen LogP contribution in [0.4, 0.5) is 4.39 Å². The lowest BCUT2D eigenvalue weighted by Crippen LogP contribution is -2.13. The van der Waals surface area contributed by atoms with Crippen LogP contribution in [-0.2, 0) is 6.42 Å². The van der Waals surface area contributed by atoms with Gasteiger partial charge in [-0.2, -0.15) is 0 Å². The summed E-state index contributed by atoms with van der Waals surface area (Å²) >= 11 is 0. The molecule has 0 amide bonds. The number of nitrogens with zero attached hydrogens (tertiary/aromatic N) is 1. The van der Waals surface area contributed by atoms with E-state index in [-0.39, 0.29) is 11.9 Å². The molecule has 2 aromatic rings. The molecule has 2 N–H and O–H groups in total. The molecule has 2 rings (SSSR count). The summed E-state index contributed by atoms with van der Waals surface area (Å²) in [6.45, 7) is 0. The third-order valence-electron chi connectivity index (χ3n) is 2.74. The van der Waals surface area contributed by atoms with Crippen LogP contribution in [0.25, 0.3) is 0 Å². The standard InChI is InChI=1S/C14H15FN2O/c1-18-13-4-2-3-10(5-13)6-14(16)11-7-12(15)9-17-8-11/h2-5,7-9,14H,6,16H2,1H3. The van der Waals surface area contributed by atoms with Crippen molar-refractivity contribution in [1.82, 2.24) is 4.98 Å². The number of aromatic nitrogens is 1. The number of hydrogen-bond donors (Lipinski definition) is 1. The van der Waals surface area contributed by atoms with E-state index >= 15 is 0 Å². The Morgan fingerprint density at radius 2 is 2.17 bits per heavy atom. The van der Waals surface area contributed by atoms with Gasteiger partial charge in [0.15, 0.2) is 0 Å². The highest BCUT2D eigenvalue weighted by Crippen LogP contribution is 2.19. The second kappa shape index (κ2) is 5.60. The van der Waals surface area contributed by atoms with Crippen molar-refractivity contribution in [3.05, 3.63) is 59.7 Å². The van der Waals surface area contributed by atoms with Gasteiger partial charge >= 0.3 is 0 Å². The second-order valence-corrected chi connectivity index (χ2v) is 4.10. The molecular formula is C14H15FN2O. The number of benzene rings is 1. The van der Waals surface area contributed by atoms with E-state index < -0.39 is 0 Å². The van der Waals surface area contributed by atoms with E-state index in [1.165, 1.54) is 12.3 Å². The second-order valence-electron chi connectivity index (χ2n) is 4.10. The summed E-state index contributed by atoms with van der Waals surface area (Å²) in [6, 6.07) is 8.81. The minimum atomic E-state index is -0.367. The van der Waals surface area contributed by atoms with E-state index in [1.54, 1.807) is 13.3 Å². The molecule has 0 saturated carbocycles. The Labute approximate surface area is 105 Å². The van der Waals surface area contributed by atoms with Gasteiger partial charge in [0.05, 0.1) is 13.3 Å². The normalized spacial score (nSPS) is 12.2. The Hall–Kier alpha value is -1.94. The van der Waals surface area contributed by atoms with Gasteiger partial charge in [0.1, 0.15) is 11.6 Å². The zero-order valence-electron chi connectivity index (χ0n) is 10.1. The van der Waals surface area contributed by atoms with Crippen LogP contribution in [0.15, 0.2) is 42.7 Å². The molecule has 1 aromatic heterocycles. The molecule has 3 nitrogen and oxygen atoms in total. The van der Waals surface area contributed by atoms with E-state index in [0.717, 1.165) is 11.3 Å². The van der Waals surface area contributed by atoms with Gasteiger partial charge in [-0.15, -0.1) is 0 Å². The highest BCUT2D eigenvalue weighted by Gasteiger charge is 2.09. The smallest absolute Gasteiger partial charge is 0.141 e. The van der Waals surface area contributed by atoms with E-state index in [9.17, 15) is 4.39 Å². The van der Waals surface area contributed by atoms with Crippen molar-refractivity contribution in [2.24, 2.45) is 5.73 Å². The van der Waals surface area contributed by atoms with Crippen LogP contribution in [-0.4, -0.2) is 12.1 Å². The van der Waals surface area contributed by atoms with Crippen LogP contribution < -0.4 is 10.5 Å². The van der Waals surface area contributed by atoms with Crippen molar-refractivity contribution < 1.29 is 9.13 Å². The van der Waals surface area contributed by atoms with E-state index in [4.69, 9.17) is 10.5 Å².